The van der Waals surface area contributed by atoms with E-state index in [1.54, 1.807) is 0 Å². The number of nitrogens with one attached hydrogen (secondary N) is 1. The summed E-state index contributed by atoms with van der Waals surface area (Å²) in [5.74, 6) is 1.74. The molecule has 1 spiro atoms. The molecule has 3 heterocycles. The van der Waals surface area contributed by atoms with Gasteiger partial charge < -0.3 is 4.74 Å². The first-order valence-electron chi connectivity index (χ1n) is 21.6. The normalized spacial score (nSPS) is 12.8. The summed E-state index contributed by atoms with van der Waals surface area (Å²) in [4.78, 5) is 9.01. The predicted octanol–water partition coefficient (Wildman–Crippen LogP) is 14.7. The fourth-order valence-electron chi connectivity index (χ4n) is 9.87. The average Bonchev–Trinajstić information content (AvgIpc) is 3.64. The third-order valence-corrected chi connectivity index (χ3v) is 12.9. The van der Waals surface area contributed by atoms with Gasteiger partial charge in [0.25, 0.3) is 0 Å². The maximum atomic E-state index is 6.78. The molecule has 0 radical (unpaired) electrons. The van der Waals surface area contributed by atoms with Gasteiger partial charge in [-0.3, -0.25) is 0 Å². The summed E-state index contributed by atoms with van der Waals surface area (Å²) in [5.41, 5.74) is 20.8. The lowest BCUT2D eigenvalue weighted by Crippen LogP contribution is -2.32. The van der Waals surface area contributed by atoms with E-state index in [-0.39, 0.29) is 0 Å². The van der Waals surface area contributed by atoms with Crippen LogP contribution in [0.2, 0.25) is 0 Å². The van der Waals surface area contributed by atoms with Gasteiger partial charge in [-0.25, -0.2) is 9.97 Å². The molecule has 0 saturated carbocycles. The van der Waals surface area contributed by atoms with Gasteiger partial charge in [-0.05, 0) is 112 Å². The SMILES string of the molecule is Cc1ccc(-c2cc(-c3ccc4c(c3)C3(c5ccccc5Oc5ccccc53)c3cc(-c5cc(-c6ccccc6)nc(-c6ccccc6)c5)ccc3-4)cc(-c3ccccc3)[nH+]2)cc1. The summed E-state index contributed by atoms with van der Waals surface area (Å²) in [7, 11) is 0. The fraction of sp³-hybridized carbons (Fsp3) is 0.0333. The van der Waals surface area contributed by atoms with Gasteiger partial charge in [-0.15, -0.1) is 0 Å². The fourth-order valence-corrected chi connectivity index (χ4v) is 9.87. The van der Waals surface area contributed by atoms with Crippen LogP contribution in [0.3, 0.4) is 0 Å². The molecule has 8 aromatic carbocycles. The molecule has 1 aliphatic heterocycles. The summed E-state index contributed by atoms with van der Waals surface area (Å²) < 4.78 is 6.78. The Kier molecular flexibility index (Phi) is 8.62. The van der Waals surface area contributed by atoms with E-state index in [2.05, 4.69) is 236 Å². The molecule has 0 fully saturated rings. The number of benzene rings is 8. The topological polar surface area (TPSA) is 36.3 Å². The number of rotatable bonds is 6. The molecule has 3 heteroatoms. The van der Waals surface area contributed by atoms with Crippen molar-refractivity contribution in [3.63, 3.8) is 0 Å². The Morgan fingerprint density at radius 2 is 0.762 bits per heavy atom. The van der Waals surface area contributed by atoms with Crippen LogP contribution in [0.4, 0.5) is 0 Å². The van der Waals surface area contributed by atoms with Crippen molar-refractivity contribution in [2.75, 3.05) is 0 Å². The maximum Gasteiger partial charge on any atom is 0.211 e. The predicted molar refractivity (Wildman–Crippen MR) is 256 cm³/mol. The second-order valence-corrected chi connectivity index (χ2v) is 16.7. The average molecular weight is 806 g/mol. The van der Waals surface area contributed by atoms with E-state index in [0.717, 1.165) is 89.9 Å². The van der Waals surface area contributed by atoms with E-state index in [4.69, 9.17) is 9.72 Å². The van der Waals surface area contributed by atoms with Gasteiger partial charge in [0.15, 0.2) is 0 Å². The molecule has 0 bridgehead atoms. The summed E-state index contributed by atoms with van der Waals surface area (Å²) in [6.45, 7) is 2.13. The van der Waals surface area contributed by atoms with Crippen LogP contribution in [0.1, 0.15) is 27.8 Å². The number of hydrogen-bond donors (Lipinski definition) is 0. The Hall–Kier alpha value is -8.14. The molecule has 0 saturated heterocycles. The van der Waals surface area contributed by atoms with Gasteiger partial charge >= 0.3 is 0 Å². The van der Waals surface area contributed by atoms with E-state index in [1.165, 1.54) is 27.8 Å². The smallest absolute Gasteiger partial charge is 0.211 e. The monoisotopic (exact) mass is 805 g/mol. The van der Waals surface area contributed by atoms with Crippen LogP contribution in [0.25, 0.3) is 78.4 Å². The van der Waals surface area contributed by atoms with Crippen molar-refractivity contribution in [3.05, 3.63) is 252 Å². The molecule has 2 aliphatic rings. The van der Waals surface area contributed by atoms with Crippen molar-refractivity contribution in [2.24, 2.45) is 0 Å². The highest BCUT2D eigenvalue weighted by molar-refractivity contribution is 5.92. The first-order chi connectivity index (χ1) is 31.1. The maximum absolute atomic E-state index is 6.78. The third kappa shape index (κ3) is 6.12. The number of ether oxygens (including phenoxy) is 1. The van der Waals surface area contributed by atoms with Crippen LogP contribution < -0.4 is 9.72 Å². The van der Waals surface area contributed by atoms with Gasteiger partial charge in [0.2, 0.25) is 11.4 Å². The molecule has 63 heavy (non-hydrogen) atoms. The Morgan fingerprint density at radius 3 is 1.27 bits per heavy atom. The van der Waals surface area contributed by atoms with Crippen LogP contribution >= 0.6 is 0 Å². The van der Waals surface area contributed by atoms with Crippen molar-refractivity contribution in [1.82, 2.24) is 4.98 Å². The highest BCUT2D eigenvalue weighted by atomic mass is 16.5. The molecule has 0 unspecified atom stereocenters. The summed E-state index contributed by atoms with van der Waals surface area (Å²) in [6.07, 6.45) is 0. The van der Waals surface area contributed by atoms with E-state index < -0.39 is 5.41 Å². The molecule has 3 nitrogen and oxygen atoms in total. The van der Waals surface area contributed by atoms with Crippen molar-refractivity contribution < 1.29 is 9.72 Å². The van der Waals surface area contributed by atoms with Crippen LogP contribution in [0.15, 0.2) is 224 Å². The van der Waals surface area contributed by atoms with E-state index in [9.17, 15) is 0 Å². The first kappa shape index (κ1) is 36.7. The van der Waals surface area contributed by atoms with Crippen LogP contribution in [-0.2, 0) is 5.41 Å². The van der Waals surface area contributed by atoms with Crippen molar-refractivity contribution in [3.8, 4) is 89.9 Å². The van der Waals surface area contributed by atoms with Crippen molar-refractivity contribution >= 4 is 0 Å². The number of aryl methyl sites for hydroxylation is 1. The Balaban J connectivity index is 1.10. The second-order valence-electron chi connectivity index (χ2n) is 16.7. The largest absolute Gasteiger partial charge is 0.457 e. The number of aromatic nitrogens is 2. The Labute approximate surface area is 367 Å². The molecule has 1 aliphatic carbocycles. The molecule has 2 aromatic heterocycles. The molecular weight excluding hydrogens is 765 g/mol. The lowest BCUT2D eigenvalue weighted by molar-refractivity contribution is -0.351. The third-order valence-electron chi connectivity index (χ3n) is 12.9. The highest BCUT2D eigenvalue weighted by Crippen LogP contribution is 2.63. The zero-order chi connectivity index (χ0) is 41.9. The minimum Gasteiger partial charge on any atom is -0.457 e. The number of H-pyrrole nitrogens is 1. The Bertz CT molecular complexity index is 3250. The molecule has 296 valence electrons. The summed E-state index contributed by atoms with van der Waals surface area (Å²) in [6, 6.07) is 80.8. The second kappa shape index (κ2) is 14.8. The molecule has 1 N–H and O–H groups in total. The van der Waals surface area contributed by atoms with Crippen LogP contribution in [0, 0.1) is 6.92 Å². The molecule has 10 aromatic rings. The Morgan fingerprint density at radius 1 is 0.349 bits per heavy atom. The zero-order valence-corrected chi connectivity index (χ0v) is 34.7. The standard InChI is InChI=1S/C60H40N2O/c1-39-25-27-43(28-26-39)57-38-47(37-56(62-57)42-19-9-4-10-20-42)45-30-32-49-48-31-29-44(46-35-54(40-15-5-2-6-16-40)61-55(36-46)41-17-7-3-8-18-41)33-52(48)60(53(49)34-45)50-21-11-13-23-58(50)63-59-24-14-12-22-51(59)60/h2-38H,1H3/p+1. The number of aromatic amines is 1. The number of hydrogen-bond acceptors (Lipinski definition) is 2. The van der Waals surface area contributed by atoms with Gasteiger partial charge in [0.05, 0.1) is 16.8 Å². The number of pyridine rings is 2. The quantitative estimate of drug-likeness (QED) is 0.168. The van der Waals surface area contributed by atoms with Gasteiger partial charge in [0.1, 0.15) is 11.5 Å². The van der Waals surface area contributed by atoms with E-state index in [1.807, 2.05) is 0 Å². The van der Waals surface area contributed by atoms with Crippen molar-refractivity contribution in [2.45, 2.75) is 12.3 Å². The van der Waals surface area contributed by atoms with Gasteiger partial charge in [-0.1, -0.05) is 157 Å². The number of para-hydroxylation sites is 2. The summed E-state index contributed by atoms with van der Waals surface area (Å²) in [5, 5.41) is 0. The lowest BCUT2D eigenvalue weighted by Gasteiger charge is -2.39. The van der Waals surface area contributed by atoms with Gasteiger partial charge in [0, 0.05) is 45.5 Å². The van der Waals surface area contributed by atoms with E-state index in [0.29, 0.717) is 0 Å². The molecular formula is C60H41N2O+. The minimum absolute atomic E-state index is 0.664. The van der Waals surface area contributed by atoms with Crippen molar-refractivity contribution in [1.29, 1.82) is 0 Å². The number of fused-ring (bicyclic) bond motifs is 9. The number of nitrogens with zero attached hydrogens (tertiary/aromatic N) is 1. The zero-order valence-electron chi connectivity index (χ0n) is 34.7. The van der Waals surface area contributed by atoms with Crippen LogP contribution in [0.5, 0.6) is 11.5 Å². The lowest BCUT2D eigenvalue weighted by atomic mass is 9.65. The van der Waals surface area contributed by atoms with E-state index >= 15 is 0 Å². The molecule has 12 rings (SSSR count). The molecule has 0 atom stereocenters. The first-order valence-corrected chi connectivity index (χ1v) is 21.6. The summed E-state index contributed by atoms with van der Waals surface area (Å²) >= 11 is 0. The highest BCUT2D eigenvalue weighted by Gasteiger charge is 2.51. The molecule has 0 amide bonds. The van der Waals surface area contributed by atoms with Crippen LogP contribution in [-0.4, -0.2) is 4.98 Å². The minimum atomic E-state index is -0.664. The van der Waals surface area contributed by atoms with Gasteiger partial charge in [-0.2, -0.15) is 0 Å².